The number of benzene rings is 3. The van der Waals surface area contributed by atoms with Gasteiger partial charge in [0.25, 0.3) is 5.91 Å². The number of nitrogens with one attached hydrogen (secondary N) is 1. The molecule has 1 amide bonds. The number of carbonyl (C=O) groups is 1. The van der Waals surface area contributed by atoms with Gasteiger partial charge in [-0.2, -0.15) is 4.98 Å². The fraction of sp³-hybridized carbons (Fsp3) is 0.156. The molecule has 0 unspecified atom stereocenters. The number of anilines is 1. The Hall–Kier alpha value is -5.38. The zero-order valence-electron chi connectivity index (χ0n) is 23.6. The number of aromatic nitrogens is 2. The first kappa shape index (κ1) is 26.8. The average molecular weight is 567 g/mol. The molecule has 0 saturated carbocycles. The van der Waals surface area contributed by atoms with Crippen molar-refractivity contribution in [1.82, 2.24) is 15.3 Å². The van der Waals surface area contributed by atoms with Crippen LogP contribution in [0.3, 0.4) is 0 Å². The van der Waals surface area contributed by atoms with E-state index in [9.17, 15) is 9.18 Å². The van der Waals surface area contributed by atoms with E-state index in [1.165, 1.54) is 12.1 Å². The number of oxazole rings is 1. The van der Waals surface area contributed by atoms with E-state index in [-0.39, 0.29) is 11.7 Å². The number of amides is 1. The van der Waals surface area contributed by atoms with Gasteiger partial charge in [0.1, 0.15) is 17.2 Å². The lowest BCUT2D eigenvalue weighted by molar-refractivity contribution is 0.0964. The van der Waals surface area contributed by atoms with Gasteiger partial charge in [0.15, 0.2) is 22.7 Å². The molecule has 0 aliphatic carbocycles. The number of pyridine rings is 1. The SMILES string of the molecule is CNC(=O)c1c(-c2ccc(F)cc2)oc2cc(N(C)C)c(-c3cc(OC)c(OC)c(-c4nc5ncccc5o4)c3)cc12. The summed E-state index contributed by atoms with van der Waals surface area (Å²) < 4.78 is 37.5. The first-order chi connectivity index (χ1) is 20.3. The number of fused-ring (bicyclic) bond motifs is 2. The highest BCUT2D eigenvalue weighted by Crippen LogP contribution is 2.46. The van der Waals surface area contributed by atoms with Gasteiger partial charge < -0.3 is 28.5 Å². The predicted octanol–water partition coefficient (Wildman–Crippen LogP) is 6.55. The quantitative estimate of drug-likeness (QED) is 0.232. The third-order valence-corrected chi connectivity index (χ3v) is 7.03. The molecule has 0 spiro atoms. The van der Waals surface area contributed by atoms with E-state index in [0.717, 1.165) is 16.8 Å². The Bertz CT molecular complexity index is 1930. The summed E-state index contributed by atoms with van der Waals surface area (Å²) in [6, 6.07) is 17.0. The molecule has 212 valence electrons. The van der Waals surface area contributed by atoms with Crippen LogP contribution in [-0.4, -0.2) is 51.2 Å². The molecule has 3 aromatic carbocycles. The summed E-state index contributed by atoms with van der Waals surface area (Å²) >= 11 is 0. The van der Waals surface area contributed by atoms with Gasteiger partial charge in [0, 0.05) is 55.6 Å². The van der Waals surface area contributed by atoms with Crippen LogP contribution in [0, 0.1) is 5.82 Å². The normalized spacial score (nSPS) is 11.2. The molecule has 0 saturated heterocycles. The number of rotatable bonds is 7. The minimum atomic E-state index is -0.382. The third-order valence-electron chi connectivity index (χ3n) is 7.03. The molecule has 0 aliphatic heterocycles. The molecule has 42 heavy (non-hydrogen) atoms. The summed E-state index contributed by atoms with van der Waals surface area (Å²) in [6.45, 7) is 0. The molecule has 6 aromatic rings. The molecule has 1 N–H and O–H groups in total. The molecule has 10 heteroatoms. The Labute approximate surface area is 240 Å². The zero-order chi connectivity index (χ0) is 29.5. The summed E-state index contributed by atoms with van der Waals surface area (Å²) in [5.41, 5.74) is 5.38. The fourth-order valence-electron chi connectivity index (χ4n) is 5.05. The molecule has 0 aliphatic rings. The van der Waals surface area contributed by atoms with Gasteiger partial charge in [0.05, 0.1) is 25.3 Å². The van der Waals surface area contributed by atoms with Crippen molar-refractivity contribution < 1.29 is 27.5 Å². The second kappa shape index (κ2) is 10.5. The Balaban J connectivity index is 1.63. The summed E-state index contributed by atoms with van der Waals surface area (Å²) in [7, 11) is 8.51. The lowest BCUT2D eigenvalue weighted by Crippen LogP contribution is -2.18. The molecule has 9 nitrogen and oxygen atoms in total. The van der Waals surface area contributed by atoms with Gasteiger partial charge in [-0.15, -0.1) is 0 Å². The molecule has 0 bridgehead atoms. The smallest absolute Gasteiger partial charge is 0.255 e. The number of nitrogens with zero attached hydrogens (tertiary/aromatic N) is 3. The minimum absolute atomic E-state index is 0.320. The molecule has 6 rings (SSSR count). The lowest BCUT2D eigenvalue weighted by Gasteiger charge is -2.20. The van der Waals surface area contributed by atoms with Crippen molar-refractivity contribution in [3.63, 3.8) is 0 Å². The van der Waals surface area contributed by atoms with Crippen LogP contribution in [0.1, 0.15) is 10.4 Å². The summed E-state index contributed by atoms with van der Waals surface area (Å²) in [6.07, 6.45) is 1.65. The standard InChI is InChI=1S/C32H27FN4O5/c1-34-31(38)27-21-15-20(23(37(2)3)16-25(21)41-28(27)17-8-10-19(33)11-9-17)18-13-22(29(40-5)26(14-18)39-4)32-36-30-24(42-32)7-6-12-35-30/h6-16H,1-5H3,(H,34,38). The molecule has 3 heterocycles. The number of furan rings is 1. The van der Waals surface area contributed by atoms with Gasteiger partial charge in [0.2, 0.25) is 5.89 Å². The Morgan fingerprint density at radius 3 is 2.38 bits per heavy atom. The van der Waals surface area contributed by atoms with E-state index in [1.807, 2.05) is 43.3 Å². The highest BCUT2D eigenvalue weighted by atomic mass is 19.1. The van der Waals surface area contributed by atoms with Crippen molar-refractivity contribution in [3.05, 3.63) is 78.2 Å². The first-order valence-electron chi connectivity index (χ1n) is 13.1. The van der Waals surface area contributed by atoms with Crippen LogP contribution in [0.4, 0.5) is 10.1 Å². The van der Waals surface area contributed by atoms with E-state index in [1.54, 1.807) is 51.7 Å². The molecular weight excluding hydrogens is 539 g/mol. The van der Waals surface area contributed by atoms with E-state index in [4.69, 9.17) is 18.3 Å². The van der Waals surface area contributed by atoms with Crippen molar-refractivity contribution >= 4 is 33.8 Å². The molecular formula is C32H27FN4O5. The summed E-state index contributed by atoms with van der Waals surface area (Å²) in [5.74, 6) is 0.874. The number of ether oxygens (including phenoxy) is 2. The maximum atomic E-state index is 13.7. The van der Waals surface area contributed by atoms with E-state index in [2.05, 4.69) is 15.3 Å². The number of methoxy groups -OCH3 is 2. The number of hydrogen-bond acceptors (Lipinski definition) is 8. The topological polar surface area (TPSA) is 103 Å². The maximum absolute atomic E-state index is 13.7. The van der Waals surface area contributed by atoms with Gasteiger partial charge in [-0.1, -0.05) is 0 Å². The van der Waals surface area contributed by atoms with Crippen LogP contribution in [0.2, 0.25) is 0 Å². The monoisotopic (exact) mass is 566 g/mol. The highest BCUT2D eigenvalue weighted by molar-refractivity contribution is 6.13. The second-order valence-electron chi connectivity index (χ2n) is 9.76. The van der Waals surface area contributed by atoms with Crippen molar-refractivity contribution in [1.29, 1.82) is 0 Å². The van der Waals surface area contributed by atoms with E-state index >= 15 is 0 Å². The van der Waals surface area contributed by atoms with Crippen LogP contribution < -0.4 is 19.7 Å². The molecule has 3 aromatic heterocycles. The molecule has 0 fully saturated rings. The number of carbonyl (C=O) groups excluding carboxylic acids is 1. The zero-order valence-corrected chi connectivity index (χ0v) is 23.6. The molecule has 0 atom stereocenters. The Kier molecular flexibility index (Phi) is 6.74. The Morgan fingerprint density at radius 1 is 0.929 bits per heavy atom. The number of hydrogen-bond donors (Lipinski definition) is 1. The largest absolute Gasteiger partial charge is 0.493 e. The van der Waals surface area contributed by atoms with Gasteiger partial charge in [-0.3, -0.25) is 4.79 Å². The van der Waals surface area contributed by atoms with Crippen molar-refractivity contribution in [2.24, 2.45) is 0 Å². The van der Waals surface area contributed by atoms with E-state index in [0.29, 0.717) is 62.0 Å². The highest BCUT2D eigenvalue weighted by Gasteiger charge is 2.26. The van der Waals surface area contributed by atoms with Crippen LogP contribution in [0.15, 0.2) is 75.7 Å². The van der Waals surface area contributed by atoms with Crippen LogP contribution in [0.25, 0.3) is 56.1 Å². The Morgan fingerprint density at radius 2 is 1.71 bits per heavy atom. The average Bonchev–Trinajstić information content (AvgIpc) is 3.61. The summed E-state index contributed by atoms with van der Waals surface area (Å²) in [5, 5.41) is 3.30. The minimum Gasteiger partial charge on any atom is -0.493 e. The fourth-order valence-corrected chi connectivity index (χ4v) is 5.05. The van der Waals surface area contributed by atoms with Crippen LogP contribution in [-0.2, 0) is 0 Å². The first-order valence-corrected chi connectivity index (χ1v) is 13.1. The van der Waals surface area contributed by atoms with E-state index < -0.39 is 0 Å². The number of halogens is 1. The molecule has 0 radical (unpaired) electrons. The van der Waals surface area contributed by atoms with Gasteiger partial charge >= 0.3 is 0 Å². The predicted molar refractivity (Wildman–Crippen MR) is 159 cm³/mol. The maximum Gasteiger partial charge on any atom is 0.255 e. The van der Waals surface area contributed by atoms with Crippen molar-refractivity contribution in [2.75, 3.05) is 40.3 Å². The lowest BCUT2D eigenvalue weighted by atomic mass is 9.96. The van der Waals surface area contributed by atoms with Crippen molar-refractivity contribution in [3.8, 4) is 45.4 Å². The van der Waals surface area contributed by atoms with Crippen LogP contribution in [0.5, 0.6) is 11.5 Å². The second-order valence-corrected chi connectivity index (χ2v) is 9.76. The van der Waals surface area contributed by atoms with Crippen molar-refractivity contribution in [2.45, 2.75) is 0 Å². The third kappa shape index (κ3) is 4.46. The van der Waals surface area contributed by atoms with Crippen LogP contribution >= 0.6 is 0 Å². The van der Waals surface area contributed by atoms with Gasteiger partial charge in [-0.05, 0) is 60.2 Å². The summed E-state index contributed by atoms with van der Waals surface area (Å²) in [4.78, 5) is 24.0. The van der Waals surface area contributed by atoms with Gasteiger partial charge in [-0.25, -0.2) is 9.37 Å².